The molecule has 0 atom stereocenters. The maximum atomic E-state index is 12.2. The number of H-pyrrole nitrogens is 1. The van der Waals surface area contributed by atoms with Crippen molar-refractivity contribution in [2.24, 2.45) is 5.92 Å². The molecule has 5 nitrogen and oxygen atoms in total. The summed E-state index contributed by atoms with van der Waals surface area (Å²) in [6, 6.07) is 5.79. The van der Waals surface area contributed by atoms with Gasteiger partial charge in [-0.3, -0.25) is 4.79 Å². The molecular weight excluding hydrogens is 370 g/mol. The third-order valence-electron chi connectivity index (χ3n) is 4.77. The highest BCUT2D eigenvalue weighted by Gasteiger charge is 2.22. The number of thiazole rings is 1. The summed E-state index contributed by atoms with van der Waals surface area (Å²) in [5.74, 6) is 0.960. The highest BCUT2D eigenvalue weighted by molar-refractivity contribution is 7.07. The van der Waals surface area contributed by atoms with Crippen LogP contribution < -0.4 is 10.1 Å². The van der Waals surface area contributed by atoms with Crippen molar-refractivity contribution in [3.8, 4) is 5.75 Å². The Morgan fingerprint density at radius 3 is 2.96 bits per heavy atom. The Labute approximate surface area is 160 Å². The molecule has 2 aromatic heterocycles. The second-order valence-corrected chi connectivity index (χ2v) is 7.76. The molecule has 26 heavy (non-hydrogen) atoms. The normalized spacial score (nSPS) is 14.8. The fourth-order valence-electron chi connectivity index (χ4n) is 3.37. The van der Waals surface area contributed by atoms with Crippen molar-refractivity contribution in [1.82, 2.24) is 15.3 Å². The second kappa shape index (κ2) is 7.68. The van der Waals surface area contributed by atoms with Crippen LogP contribution >= 0.6 is 22.9 Å². The number of carbonyl (C=O) groups is 1. The molecule has 4 rings (SSSR count). The van der Waals surface area contributed by atoms with E-state index in [2.05, 4.69) is 15.3 Å². The van der Waals surface area contributed by atoms with Crippen LogP contribution in [0.2, 0.25) is 5.02 Å². The summed E-state index contributed by atoms with van der Waals surface area (Å²) in [6.45, 7) is 0.885. The number of ether oxygens (including phenoxy) is 1. The lowest BCUT2D eigenvalue weighted by atomic mass is 10.1. The van der Waals surface area contributed by atoms with Gasteiger partial charge in [-0.2, -0.15) is 0 Å². The van der Waals surface area contributed by atoms with Crippen LogP contribution in [-0.4, -0.2) is 15.9 Å². The second-order valence-electron chi connectivity index (χ2n) is 6.63. The summed E-state index contributed by atoms with van der Waals surface area (Å²) in [6.07, 6.45) is 4.33. The van der Waals surface area contributed by atoms with Gasteiger partial charge >= 0.3 is 0 Å². The van der Waals surface area contributed by atoms with Crippen molar-refractivity contribution in [2.45, 2.75) is 38.8 Å². The summed E-state index contributed by atoms with van der Waals surface area (Å²) >= 11 is 7.88. The molecule has 0 aliphatic heterocycles. The monoisotopic (exact) mass is 389 g/mol. The highest BCUT2D eigenvalue weighted by Crippen LogP contribution is 2.31. The lowest BCUT2D eigenvalue weighted by Gasteiger charge is -2.09. The molecule has 0 spiro atoms. The van der Waals surface area contributed by atoms with E-state index in [1.165, 1.54) is 11.3 Å². The largest absolute Gasteiger partial charge is 0.486 e. The number of nitrogens with one attached hydrogen (secondary N) is 2. The minimum Gasteiger partial charge on any atom is -0.486 e. The van der Waals surface area contributed by atoms with Gasteiger partial charge in [0.2, 0.25) is 5.91 Å². The molecule has 1 fully saturated rings. The van der Waals surface area contributed by atoms with Crippen LogP contribution in [0.4, 0.5) is 0 Å². The van der Waals surface area contributed by atoms with Crippen LogP contribution in [0.3, 0.4) is 0 Å². The molecule has 3 aromatic rings. The van der Waals surface area contributed by atoms with Crippen LogP contribution in [0.25, 0.3) is 10.9 Å². The standard InChI is InChI=1S/C19H20ClN3O2S/c20-16-6-13-5-14(8-21-19(24)12-3-1-2-4-12)23-17(13)7-18(16)25-9-15-10-26-11-22-15/h5-7,10-12,23H,1-4,8-9H2,(H,21,24). The van der Waals surface area contributed by atoms with Crippen molar-refractivity contribution in [3.05, 3.63) is 45.5 Å². The van der Waals surface area contributed by atoms with Crippen molar-refractivity contribution >= 4 is 39.7 Å². The fourth-order valence-corrected chi connectivity index (χ4v) is 4.14. The SMILES string of the molecule is O=C(NCc1cc2cc(Cl)c(OCc3cscn3)cc2[nH]1)C1CCCC1. The summed E-state index contributed by atoms with van der Waals surface area (Å²) in [7, 11) is 0. The van der Waals surface area contributed by atoms with E-state index in [1.54, 1.807) is 5.51 Å². The Morgan fingerprint density at radius 2 is 2.19 bits per heavy atom. The average Bonchev–Trinajstić information content (AvgIpc) is 3.38. The van der Waals surface area contributed by atoms with E-state index in [4.69, 9.17) is 16.3 Å². The first-order valence-electron chi connectivity index (χ1n) is 8.78. The smallest absolute Gasteiger partial charge is 0.223 e. The molecule has 2 N–H and O–H groups in total. The van der Waals surface area contributed by atoms with E-state index in [1.807, 2.05) is 23.6 Å². The van der Waals surface area contributed by atoms with Gasteiger partial charge in [0.25, 0.3) is 0 Å². The minimum atomic E-state index is 0.159. The van der Waals surface area contributed by atoms with Crippen LogP contribution in [0.1, 0.15) is 37.1 Å². The summed E-state index contributed by atoms with van der Waals surface area (Å²) < 4.78 is 5.79. The molecule has 0 saturated heterocycles. The van der Waals surface area contributed by atoms with Crippen LogP contribution in [0.5, 0.6) is 5.75 Å². The van der Waals surface area contributed by atoms with E-state index in [0.29, 0.717) is 23.9 Å². The topological polar surface area (TPSA) is 67.0 Å². The Kier molecular flexibility index (Phi) is 5.13. The number of rotatable bonds is 6. The molecule has 136 valence electrons. The number of benzene rings is 1. The predicted octanol–water partition coefficient (Wildman–Crippen LogP) is 4.66. The van der Waals surface area contributed by atoms with Gasteiger partial charge in [0.05, 0.1) is 22.8 Å². The van der Waals surface area contributed by atoms with Gasteiger partial charge in [-0.15, -0.1) is 11.3 Å². The molecule has 2 heterocycles. The Balaban J connectivity index is 1.43. The number of nitrogens with zero attached hydrogens (tertiary/aromatic N) is 1. The molecule has 7 heteroatoms. The quantitative estimate of drug-likeness (QED) is 0.644. The Bertz CT molecular complexity index is 901. The molecule has 0 bridgehead atoms. The highest BCUT2D eigenvalue weighted by atomic mass is 35.5. The zero-order valence-corrected chi connectivity index (χ0v) is 15.8. The van der Waals surface area contributed by atoms with Gasteiger partial charge in [0.1, 0.15) is 12.4 Å². The van der Waals surface area contributed by atoms with E-state index >= 15 is 0 Å². The number of carbonyl (C=O) groups excluding carboxylic acids is 1. The number of amides is 1. The predicted molar refractivity (Wildman–Crippen MR) is 104 cm³/mol. The summed E-state index contributed by atoms with van der Waals surface area (Å²) in [5, 5.41) is 6.55. The van der Waals surface area contributed by atoms with Gasteiger partial charge in [0, 0.05) is 34.0 Å². The third kappa shape index (κ3) is 3.86. The number of aromatic nitrogens is 2. The molecule has 1 aliphatic rings. The number of aromatic amines is 1. The number of halogens is 1. The lowest BCUT2D eigenvalue weighted by molar-refractivity contribution is -0.124. The maximum absolute atomic E-state index is 12.2. The number of hydrogen-bond donors (Lipinski definition) is 2. The van der Waals surface area contributed by atoms with Gasteiger partial charge in [-0.05, 0) is 25.0 Å². The van der Waals surface area contributed by atoms with Gasteiger partial charge < -0.3 is 15.0 Å². The van der Waals surface area contributed by atoms with Crippen LogP contribution in [0, 0.1) is 5.92 Å². The number of hydrogen-bond acceptors (Lipinski definition) is 4. The molecule has 1 saturated carbocycles. The molecule has 1 amide bonds. The summed E-state index contributed by atoms with van der Waals surface area (Å²) in [5.41, 5.74) is 4.56. The molecule has 0 radical (unpaired) electrons. The maximum Gasteiger partial charge on any atom is 0.223 e. The first kappa shape index (κ1) is 17.4. The minimum absolute atomic E-state index is 0.159. The summed E-state index contributed by atoms with van der Waals surface area (Å²) in [4.78, 5) is 19.7. The molecule has 1 aliphatic carbocycles. The molecule has 1 aromatic carbocycles. The van der Waals surface area contributed by atoms with Crippen molar-refractivity contribution in [2.75, 3.05) is 0 Å². The van der Waals surface area contributed by atoms with Crippen LogP contribution in [0.15, 0.2) is 29.1 Å². The van der Waals surface area contributed by atoms with Gasteiger partial charge in [0.15, 0.2) is 0 Å². The average molecular weight is 390 g/mol. The molecular formula is C19H20ClN3O2S. The van der Waals surface area contributed by atoms with Gasteiger partial charge in [-0.25, -0.2) is 4.98 Å². The van der Waals surface area contributed by atoms with E-state index < -0.39 is 0 Å². The van der Waals surface area contributed by atoms with E-state index in [0.717, 1.165) is 48.0 Å². The van der Waals surface area contributed by atoms with E-state index in [-0.39, 0.29) is 11.8 Å². The first-order chi connectivity index (χ1) is 12.7. The van der Waals surface area contributed by atoms with E-state index in [9.17, 15) is 4.79 Å². The Morgan fingerprint density at radius 1 is 1.35 bits per heavy atom. The fraction of sp³-hybridized carbons (Fsp3) is 0.368. The van der Waals surface area contributed by atoms with Crippen molar-refractivity contribution in [1.29, 1.82) is 0 Å². The third-order valence-corrected chi connectivity index (χ3v) is 5.70. The first-order valence-corrected chi connectivity index (χ1v) is 10.1. The lowest BCUT2D eigenvalue weighted by Crippen LogP contribution is -2.28. The van der Waals surface area contributed by atoms with Crippen molar-refractivity contribution < 1.29 is 9.53 Å². The molecule has 0 unspecified atom stereocenters. The van der Waals surface area contributed by atoms with Crippen molar-refractivity contribution in [3.63, 3.8) is 0 Å². The van der Waals surface area contributed by atoms with Crippen LogP contribution in [-0.2, 0) is 17.9 Å². The number of fused-ring (bicyclic) bond motifs is 1. The Hall–Kier alpha value is -2.05. The zero-order valence-electron chi connectivity index (χ0n) is 14.3. The van der Waals surface area contributed by atoms with Gasteiger partial charge in [-0.1, -0.05) is 24.4 Å². The zero-order chi connectivity index (χ0) is 17.9.